The standard InChI is InChI=1S/C41H36N2/c1-27(2)30-17-23-33(24-18-30)43(32-21-15-29(4)16-22-32)41-26-39-34-9-5-7-11-36(34)40(42-31-19-13-28(3)14-20-31)25-38(39)35-10-6-8-12-37(35)41/h5-27,42H,1-4H3. The van der Waals surface area contributed by atoms with Crippen molar-refractivity contribution in [2.75, 3.05) is 10.2 Å². The van der Waals surface area contributed by atoms with Crippen LogP contribution in [0.15, 0.2) is 133 Å². The van der Waals surface area contributed by atoms with Crippen molar-refractivity contribution in [1.82, 2.24) is 0 Å². The van der Waals surface area contributed by atoms with Crippen molar-refractivity contribution < 1.29 is 0 Å². The Balaban J connectivity index is 1.51. The van der Waals surface area contributed by atoms with Crippen molar-refractivity contribution in [2.45, 2.75) is 33.6 Å². The lowest BCUT2D eigenvalue weighted by Crippen LogP contribution is -2.11. The van der Waals surface area contributed by atoms with E-state index in [4.69, 9.17) is 0 Å². The van der Waals surface area contributed by atoms with Crippen molar-refractivity contribution in [3.05, 3.63) is 150 Å². The van der Waals surface area contributed by atoms with Crippen molar-refractivity contribution >= 4 is 60.8 Å². The van der Waals surface area contributed by atoms with Crippen LogP contribution in [-0.4, -0.2) is 0 Å². The second-order valence-corrected chi connectivity index (χ2v) is 11.9. The fourth-order valence-corrected chi connectivity index (χ4v) is 6.14. The summed E-state index contributed by atoms with van der Waals surface area (Å²) in [6.45, 7) is 8.76. The summed E-state index contributed by atoms with van der Waals surface area (Å²) in [6, 6.07) is 48.9. The van der Waals surface area contributed by atoms with E-state index in [9.17, 15) is 0 Å². The number of aryl methyl sites for hydroxylation is 2. The maximum Gasteiger partial charge on any atom is 0.0546 e. The molecule has 0 saturated carbocycles. The summed E-state index contributed by atoms with van der Waals surface area (Å²) < 4.78 is 0. The van der Waals surface area contributed by atoms with Crippen molar-refractivity contribution in [3.63, 3.8) is 0 Å². The molecule has 7 aromatic rings. The minimum absolute atomic E-state index is 0.484. The number of hydrogen-bond acceptors (Lipinski definition) is 2. The predicted molar refractivity (Wildman–Crippen MR) is 187 cm³/mol. The number of nitrogens with one attached hydrogen (secondary N) is 1. The van der Waals surface area contributed by atoms with Crippen LogP contribution in [0.2, 0.25) is 0 Å². The SMILES string of the molecule is Cc1ccc(Nc2cc3c4ccccc4c(N(c4ccc(C)cc4)c4ccc(C(C)C)cc4)cc3c3ccccc23)cc1. The van der Waals surface area contributed by atoms with Gasteiger partial charge in [0, 0.05) is 33.5 Å². The Morgan fingerprint density at radius 1 is 0.488 bits per heavy atom. The average molecular weight is 557 g/mol. The van der Waals surface area contributed by atoms with E-state index in [-0.39, 0.29) is 0 Å². The number of nitrogens with zero attached hydrogens (tertiary/aromatic N) is 1. The zero-order chi connectivity index (χ0) is 29.5. The van der Waals surface area contributed by atoms with Gasteiger partial charge in [-0.1, -0.05) is 110 Å². The van der Waals surface area contributed by atoms with Gasteiger partial charge >= 0.3 is 0 Å². The maximum atomic E-state index is 3.73. The molecule has 0 atom stereocenters. The summed E-state index contributed by atoms with van der Waals surface area (Å²) in [5.41, 5.74) is 9.53. The number of hydrogen-bond donors (Lipinski definition) is 1. The van der Waals surface area contributed by atoms with Gasteiger partial charge in [0.25, 0.3) is 0 Å². The number of benzene rings is 7. The molecule has 0 fully saturated rings. The molecule has 2 heteroatoms. The minimum atomic E-state index is 0.484. The van der Waals surface area contributed by atoms with Gasteiger partial charge in [-0.05, 0) is 95.4 Å². The van der Waals surface area contributed by atoms with Gasteiger partial charge in [0.05, 0.1) is 5.69 Å². The Kier molecular flexibility index (Phi) is 6.83. The quantitative estimate of drug-likeness (QED) is 0.205. The van der Waals surface area contributed by atoms with E-state index in [1.165, 1.54) is 54.7 Å². The van der Waals surface area contributed by atoms with Gasteiger partial charge in [0.1, 0.15) is 0 Å². The molecule has 1 N–H and O–H groups in total. The lowest BCUT2D eigenvalue weighted by atomic mass is 9.93. The predicted octanol–water partition coefficient (Wildman–Crippen LogP) is 12.1. The maximum absolute atomic E-state index is 3.73. The Hall–Kier alpha value is -5.08. The number of anilines is 5. The second kappa shape index (κ2) is 11.0. The molecule has 0 aromatic heterocycles. The largest absolute Gasteiger partial charge is 0.355 e. The highest BCUT2D eigenvalue weighted by atomic mass is 15.1. The highest BCUT2D eigenvalue weighted by Crippen LogP contribution is 2.45. The Morgan fingerprint density at radius 3 is 1.58 bits per heavy atom. The summed E-state index contributed by atoms with van der Waals surface area (Å²) in [6.07, 6.45) is 0. The fourth-order valence-electron chi connectivity index (χ4n) is 6.14. The Labute approximate surface area is 254 Å². The monoisotopic (exact) mass is 556 g/mol. The molecule has 0 aliphatic carbocycles. The van der Waals surface area contributed by atoms with Gasteiger partial charge in [-0.25, -0.2) is 0 Å². The van der Waals surface area contributed by atoms with Crippen molar-refractivity contribution in [3.8, 4) is 0 Å². The van der Waals surface area contributed by atoms with E-state index >= 15 is 0 Å². The van der Waals surface area contributed by atoms with E-state index < -0.39 is 0 Å². The van der Waals surface area contributed by atoms with Crippen LogP contribution in [0.4, 0.5) is 28.4 Å². The first-order valence-electron chi connectivity index (χ1n) is 15.1. The summed E-state index contributed by atoms with van der Waals surface area (Å²) in [5, 5.41) is 11.1. The third-order valence-corrected chi connectivity index (χ3v) is 8.54. The summed E-state index contributed by atoms with van der Waals surface area (Å²) in [7, 11) is 0. The van der Waals surface area contributed by atoms with Crippen molar-refractivity contribution in [2.24, 2.45) is 0 Å². The molecule has 0 unspecified atom stereocenters. The van der Waals surface area contributed by atoms with Crippen LogP contribution in [0.25, 0.3) is 32.3 Å². The van der Waals surface area contributed by atoms with Gasteiger partial charge in [-0.3, -0.25) is 0 Å². The molecule has 210 valence electrons. The molecule has 0 amide bonds. The molecule has 0 heterocycles. The first-order valence-corrected chi connectivity index (χ1v) is 15.1. The van der Waals surface area contributed by atoms with Crippen LogP contribution >= 0.6 is 0 Å². The normalized spacial score (nSPS) is 11.5. The Morgan fingerprint density at radius 2 is 0.977 bits per heavy atom. The topological polar surface area (TPSA) is 15.3 Å². The van der Waals surface area contributed by atoms with Crippen LogP contribution in [0.5, 0.6) is 0 Å². The first kappa shape index (κ1) is 26.8. The smallest absolute Gasteiger partial charge is 0.0546 e. The lowest BCUT2D eigenvalue weighted by molar-refractivity contribution is 0.866. The molecular formula is C41H36N2. The van der Waals surface area contributed by atoms with Crippen LogP contribution in [-0.2, 0) is 0 Å². The molecule has 43 heavy (non-hydrogen) atoms. The third-order valence-electron chi connectivity index (χ3n) is 8.54. The molecule has 2 nitrogen and oxygen atoms in total. The van der Waals surface area contributed by atoms with E-state index in [1.54, 1.807) is 0 Å². The van der Waals surface area contributed by atoms with Crippen LogP contribution in [0.3, 0.4) is 0 Å². The van der Waals surface area contributed by atoms with Gasteiger partial charge in [-0.15, -0.1) is 0 Å². The third kappa shape index (κ3) is 5.00. The van der Waals surface area contributed by atoms with Crippen LogP contribution < -0.4 is 10.2 Å². The van der Waals surface area contributed by atoms with Crippen LogP contribution in [0, 0.1) is 13.8 Å². The van der Waals surface area contributed by atoms with Gasteiger partial charge < -0.3 is 10.2 Å². The zero-order valence-electron chi connectivity index (χ0n) is 25.2. The summed E-state index contributed by atoms with van der Waals surface area (Å²) in [5.74, 6) is 0.484. The molecule has 0 aliphatic heterocycles. The highest BCUT2D eigenvalue weighted by Gasteiger charge is 2.19. The van der Waals surface area contributed by atoms with E-state index in [0.717, 1.165) is 22.7 Å². The molecule has 0 aliphatic rings. The van der Waals surface area contributed by atoms with E-state index in [0.29, 0.717) is 5.92 Å². The van der Waals surface area contributed by atoms with Gasteiger partial charge in [0.15, 0.2) is 0 Å². The average Bonchev–Trinajstić information content (AvgIpc) is 3.04. The Bertz CT molecular complexity index is 2070. The molecule has 0 bridgehead atoms. The highest BCUT2D eigenvalue weighted by molar-refractivity contribution is 6.24. The first-order chi connectivity index (χ1) is 21.0. The summed E-state index contributed by atoms with van der Waals surface area (Å²) in [4.78, 5) is 2.42. The van der Waals surface area contributed by atoms with Crippen molar-refractivity contribution in [1.29, 1.82) is 0 Å². The minimum Gasteiger partial charge on any atom is -0.355 e. The number of rotatable bonds is 6. The van der Waals surface area contributed by atoms with Gasteiger partial charge in [-0.2, -0.15) is 0 Å². The van der Waals surface area contributed by atoms with E-state index in [1.807, 2.05) is 0 Å². The molecule has 0 radical (unpaired) electrons. The summed E-state index contributed by atoms with van der Waals surface area (Å²) >= 11 is 0. The zero-order valence-corrected chi connectivity index (χ0v) is 25.2. The molecule has 7 rings (SSSR count). The number of fused-ring (bicyclic) bond motifs is 5. The molecule has 0 saturated heterocycles. The van der Waals surface area contributed by atoms with E-state index in [2.05, 4.69) is 171 Å². The molecule has 7 aromatic carbocycles. The lowest BCUT2D eigenvalue weighted by Gasteiger charge is -2.28. The second-order valence-electron chi connectivity index (χ2n) is 11.9. The van der Waals surface area contributed by atoms with Crippen LogP contribution in [0.1, 0.15) is 36.5 Å². The molecule has 0 spiro atoms. The van der Waals surface area contributed by atoms with Gasteiger partial charge in [0.2, 0.25) is 0 Å². The molecular weight excluding hydrogens is 520 g/mol. The fraction of sp³-hybridized carbons (Fsp3) is 0.122.